The van der Waals surface area contributed by atoms with Gasteiger partial charge in [0.1, 0.15) is 0 Å². The molecule has 1 nitrogen and oxygen atoms in total. The number of aryl methyl sites for hydroxylation is 1. The van der Waals surface area contributed by atoms with Crippen molar-refractivity contribution < 1.29 is 0 Å². The molecule has 0 spiro atoms. The molecule has 0 fully saturated rings. The third kappa shape index (κ3) is 4.08. The molecule has 0 aliphatic heterocycles. The maximum Gasteiger partial charge on any atom is 0.0489 e. The van der Waals surface area contributed by atoms with Crippen molar-refractivity contribution in [1.82, 2.24) is 0 Å². The van der Waals surface area contributed by atoms with Crippen molar-refractivity contribution >= 4 is 37.5 Å². The van der Waals surface area contributed by atoms with Crippen molar-refractivity contribution in [3.05, 3.63) is 62.5 Å². The molecule has 100 valence electrons. The number of rotatable bonds is 4. The molecule has 0 aliphatic carbocycles. The van der Waals surface area contributed by atoms with Gasteiger partial charge in [0.05, 0.1) is 0 Å². The number of anilines is 1. The third-order valence-corrected chi connectivity index (χ3v) is 4.63. The molecule has 0 radical (unpaired) electrons. The van der Waals surface area contributed by atoms with Gasteiger partial charge in [-0.1, -0.05) is 40.2 Å². The molecule has 19 heavy (non-hydrogen) atoms. The van der Waals surface area contributed by atoms with Gasteiger partial charge in [-0.3, -0.25) is 0 Å². The fourth-order valence-electron chi connectivity index (χ4n) is 2.05. The maximum atomic E-state index is 3.63. The van der Waals surface area contributed by atoms with E-state index < -0.39 is 0 Å². The van der Waals surface area contributed by atoms with E-state index in [1.165, 1.54) is 11.1 Å². The SMILES string of the molecule is Cc1cccc(NC(C)Cc2ccc(Br)cc2)c1Br. The van der Waals surface area contributed by atoms with Crippen LogP contribution in [-0.2, 0) is 6.42 Å². The Morgan fingerprint density at radius 1 is 1.05 bits per heavy atom. The highest BCUT2D eigenvalue weighted by molar-refractivity contribution is 9.11. The monoisotopic (exact) mass is 381 g/mol. The van der Waals surface area contributed by atoms with Gasteiger partial charge >= 0.3 is 0 Å². The van der Waals surface area contributed by atoms with Crippen LogP contribution in [0.1, 0.15) is 18.1 Å². The van der Waals surface area contributed by atoms with E-state index in [0.29, 0.717) is 6.04 Å². The van der Waals surface area contributed by atoms with Crippen molar-refractivity contribution in [1.29, 1.82) is 0 Å². The van der Waals surface area contributed by atoms with Gasteiger partial charge in [0, 0.05) is 20.7 Å². The van der Waals surface area contributed by atoms with Gasteiger partial charge in [0.2, 0.25) is 0 Å². The molecule has 2 rings (SSSR count). The van der Waals surface area contributed by atoms with E-state index in [1.54, 1.807) is 0 Å². The lowest BCUT2D eigenvalue weighted by Crippen LogP contribution is -2.18. The second-order valence-corrected chi connectivity index (χ2v) is 6.52. The largest absolute Gasteiger partial charge is 0.381 e. The zero-order valence-electron chi connectivity index (χ0n) is 11.1. The Morgan fingerprint density at radius 2 is 1.74 bits per heavy atom. The Morgan fingerprint density at radius 3 is 2.42 bits per heavy atom. The van der Waals surface area contributed by atoms with Gasteiger partial charge in [-0.05, 0) is 65.5 Å². The lowest BCUT2D eigenvalue weighted by atomic mass is 10.1. The molecule has 1 unspecified atom stereocenters. The van der Waals surface area contributed by atoms with E-state index in [2.05, 4.69) is 93.5 Å². The topological polar surface area (TPSA) is 12.0 Å². The van der Waals surface area contributed by atoms with Crippen LogP contribution in [0.15, 0.2) is 51.4 Å². The molecule has 1 atom stereocenters. The highest BCUT2D eigenvalue weighted by Crippen LogP contribution is 2.26. The minimum absolute atomic E-state index is 0.388. The Labute approximate surface area is 131 Å². The van der Waals surface area contributed by atoms with Crippen LogP contribution in [-0.4, -0.2) is 6.04 Å². The molecule has 0 saturated heterocycles. The first-order valence-corrected chi connectivity index (χ1v) is 7.91. The summed E-state index contributed by atoms with van der Waals surface area (Å²) in [5, 5.41) is 3.56. The van der Waals surface area contributed by atoms with Crippen LogP contribution in [0.5, 0.6) is 0 Å². The first kappa shape index (κ1) is 14.6. The second-order valence-electron chi connectivity index (χ2n) is 4.81. The summed E-state index contributed by atoms with van der Waals surface area (Å²) < 4.78 is 2.27. The fourth-order valence-corrected chi connectivity index (χ4v) is 2.69. The van der Waals surface area contributed by atoms with E-state index >= 15 is 0 Å². The smallest absolute Gasteiger partial charge is 0.0489 e. The molecule has 0 aromatic heterocycles. The van der Waals surface area contributed by atoms with Crippen molar-refractivity contribution in [2.75, 3.05) is 5.32 Å². The molecule has 1 N–H and O–H groups in total. The summed E-state index contributed by atoms with van der Waals surface area (Å²) in [6, 6.07) is 15.2. The summed E-state index contributed by atoms with van der Waals surface area (Å²) in [6.07, 6.45) is 1.01. The number of nitrogens with one attached hydrogen (secondary N) is 1. The lowest BCUT2D eigenvalue weighted by molar-refractivity contribution is 0.789. The average Bonchev–Trinajstić information content (AvgIpc) is 2.38. The minimum atomic E-state index is 0.388. The van der Waals surface area contributed by atoms with Gasteiger partial charge in [0.15, 0.2) is 0 Å². The van der Waals surface area contributed by atoms with E-state index in [1.807, 2.05) is 0 Å². The van der Waals surface area contributed by atoms with Crippen LogP contribution < -0.4 is 5.32 Å². The quantitative estimate of drug-likeness (QED) is 0.729. The molecule has 2 aromatic rings. The standard InChI is InChI=1S/C16H17Br2N/c1-11-4-3-5-15(16(11)18)19-12(2)10-13-6-8-14(17)9-7-13/h3-9,12,19H,10H2,1-2H3. The van der Waals surface area contributed by atoms with Crippen LogP contribution in [0.3, 0.4) is 0 Å². The van der Waals surface area contributed by atoms with Crippen LogP contribution in [0.4, 0.5) is 5.69 Å². The van der Waals surface area contributed by atoms with Gasteiger partial charge in [-0.2, -0.15) is 0 Å². The molecule has 2 aromatic carbocycles. The predicted molar refractivity (Wildman–Crippen MR) is 89.8 cm³/mol. The molecule has 0 aliphatic rings. The molecule has 3 heteroatoms. The van der Waals surface area contributed by atoms with Crippen LogP contribution >= 0.6 is 31.9 Å². The van der Waals surface area contributed by atoms with E-state index in [0.717, 1.165) is 21.1 Å². The average molecular weight is 383 g/mol. The summed E-state index contributed by atoms with van der Waals surface area (Å²) in [5.41, 5.74) is 3.75. The summed E-state index contributed by atoms with van der Waals surface area (Å²) in [4.78, 5) is 0. The first-order valence-electron chi connectivity index (χ1n) is 6.32. The van der Waals surface area contributed by atoms with Gasteiger partial charge in [-0.15, -0.1) is 0 Å². The second kappa shape index (κ2) is 6.58. The zero-order valence-corrected chi connectivity index (χ0v) is 14.3. The van der Waals surface area contributed by atoms with Crippen LogP contribution in [0.25, 0.3) is 0 Å². The van der Waals surface area contributed by atoms with E-state index in [4.69, 9.17) is 0 Å². The number of benzene rings is 2. The van der Waals surface area contributed by atoms with Crippen molar-refractivity contribution in [3.8, 4) is 0 Å². The molecular weight excluding hydrogens is 366 g/mol. The molecule has 0 heterocycles. The molecule has 0 amide bonds. The Balaban J connectivity index is 2.03. The van der Waals surface area contributed by atoms with E-state index in [9.17, 15) is 0 Å². The first-order chi connectivity index (χ1) is 9.06. The summed E-state index contributed by atoms with van der Waals surface area (Å²) in [6.45, 7) is 4.31. The number of hydrogen-bond acceptors (Lipinski definition) is 1. The highest BCUT2D eigenvalue weighted by atomic mass is 79.9. The van der Waals surface area contributed by atoms with Gasteiger partial charge in [0.25, 0.3) is 0 Å². The van der Waals surface area contributed by atoms with Crippen LogP contribution in [0, 0.1) is 6.92 Å². The number of halogens is 2. The highest BCUT2D eigenvalue weighted by Gasteiger charge is 2.07. The Kier molecular flexibility index (Phi) is 5.06. The maximum absolute atomic E-state index is 3.63. The van der Waals surface area contributed by atoms with Crippen molar-refractivity contribution in [2.45, 2.75) is 26.3 Å². The van der Waals surface area contributed by atoms with Crippen molar-refractivity contribution in [3.63, 3.8) is 0 Å². The fraction of sp³-hybridized carbons (Fsp3) is 0.250. The van der Waals surface area contributed by atoms with Crippen molar-refractivity contribution in [2.24, 2.45) is 0 Å². The Hall–Kier alpha value is -0.800. The summed E-state index contributed by atoms with van der Waals surface area (Å²) in [5.74, 6) is 0. The lowest BCUT2D eigenvalue weighted by Gasteiger charge is -2.17. The predicted octanol–water partition coefficient (Wildman–Crippen LogP) is 5.56. The minimum Gasteiger partial charge on any atom is -0.381 e. The normalized spacial score (nSPS) is 12.2. The molecule has 0 bridgehead atoms. The summed E-state index contributed by atoms with van der Waals surface area (Å²) in [7, 11) is 0. The number of hydrogen-bond donors (Lipinski definition) is 1. The Bertz CT molecular complexity index is 549. The van der Waals surface area contributed by atoms with E-state index in [-0.39, 0.29) is 0 Å². The van der Waals surface area contributed by atoms with Gasteiger partial charge < -0.3 is 5.32 Å². The van der Waals surface area contributed by atoms with Gasteiger partial charge in [-0.25, -0.2) is 0 Å². The zero-order chi connectivity index (χ0) is 13.8. The molecule has 0 saturated carbocycles. The van der Waals surface area contributed by atoms with Crippen LogP contribution in [0.2, 0.25) is 0 Å². The third-order valence-electron chi connectivity index (χ3n) is 3.05. The summed E-state index contributed by atoms with van der Waals surface area (Å²) >= 11 is 7.10. The molecular formula is C16H17Br2N.